The number of fused-ring (bicyclic) bond motifs is 5. The van der Waals surface area contributed by atoms with Crippen molar-refractivity contribution in [1.82, 2.24) is 0 Å². The van der Waals surface area contributed by atoms with Gasteiger partial charge in [0.2, 0.25) is 5.69 Å². The van der Waals surface area contributed by atoms with Gasteiger partial charge in [0.15, 0.2) is 11.7 Å². The summed E-state index contributed by atoms with van der Waals surface area (Å²) in [6, 6.07) is 18.1. The van der Waals surface area contributed by atoms with Gasteiger partial charge < -0.3 is 0 Å². The topological polar surface area (TPSA) is 3.88 Å². The van der Waals surface area contributed by atoms with Gasteiger partial charge >= 0.3 is 0 Å². The Morgan fingerprint density at radius 2 is 1.70 bits per heavy atom. The number of rotatable bonds is 5. The van der Waals surface area contributed by atoms with Crippen molar-refractivity contribution < 1.29 is 4.57 Å². The molecule has 0 aliphatic carbocycles. The number of unbranched alkanes of at least 4 members (excludes halogenated alkanes) is 1. The monoisotopic (exact) mass is 356 g/mol. The zero-order valence-electron chi connectivity index (χ0n) is 16.8. The van der Waals surface area contributed by atoms with Crippen molar-refractivity contribution in [2.75, 3.05) is 0 Å². The normalized spacial score (nSPS) is 14.6. The minimum Gasteiger partial charge on any atom is -0.189 e. The summed E-state index contributed by atoms with van der Waals surface area (Å²) in [7, 11) is 0. The number of pyridine rings is 1. The van der Waals surface area contributed by atoms with E-state index >= 15 is 0 Å². The summed E-state index contributed by atoms with van der Waals surface area (Å²) in [4.78, 5) is 0. The van der Waals surface area contributed by atoms with Crippen molar-refractivity contribution in [2.24, 2.45) is 0 Å². The maximum Gasteiger partial charge on any atom is 0.214 e. The third kappa shape index (κ3) is 2.90. The standard InChI is InChI=1S/C26H30N/c1-4-7-11-20-12-10-13-23-22(20)16-15-21-17-18-26(5-2,6-3)27-19-9-8-14-24(27)25(21)23/h8-10,12-19H,4-7,11H2,1-3H3/q+1. The van der Waals surface area contributed by atoms with E-state index in [9.17, 15) is 0 Å². The summed E-state index contributed by atoms with van der Waals surface area (Å²) in [5.74, 6) is 0. The van der Waals surface area contributed by atoms with E-state index in [2.05, 4.69) is 92.2 Å². The van der Waals surface area contributed by atoms with Gasteiger partial charge in [0.25, 0.3) is 0 Å². The summed E-state index contributed by atoms with van der Waals surface area (Å²) in [5.41, 5.74) is 5.57. The summed E-state index contributed by atoms with van der Waals surface area (Å²) in [5, 5.41) is 2.79. The van der Waals surface area contributed by atoms with E-state index in [1.165, 1.54) is 46.0 Å². The Morgan fingerprint density at radius 3 is 2.48 bits per heavy atom. The first-order chi connectivity index (χ1) is 13.2. The third-order valence-corrected chi connectivity index (χ3v) is 6.38. The number of benzene rings is 2. The van der Waals surface area contributed by atoms with Crippen molar-refractivity contribution >= 4 is 16.8 Å². The molecule has 4 rings (SSSR count). The summed E-state index contributed by atoms with van der Waals surface area (Å²) < 4.78 is 2.51. The van der Waals surface area contributed by atoms with Gasteiger partial charge in [-0.25, -0.2) is 0 Å². The van der Waals surface area contributed by atoms with Crippen molar-refractivity contribution in [2.45, 2.75) is 58.4 Å². The number of nitrogens with zero attached hydrogens (tertiary/aromatic N) is 1. The van der Waals surface area contributed by atoms with Crippen LogP contribution in [0, 0.1) is 0 Å². The first-order valence-electron chi connectivity index (χ1n) is 10.5. The van der Waals surface area contributed by atoms with Gasteiger partial charge in [-0.1, -0.05) is 63.6 Å². The van der Waals surface area contributed by atoms with E-state index in [1.54, 1.807) is 0 Å². The van der Waals surface area contributed by atoms with Gasteiger partial charge in [-0.2, -0.15) is 4.57 Å². The molecule has 2 heterocycles. The molecule has 0 bridgehead atoms. The summed E-state index contributed by atoms with van der Waals surface area (Å²) in [6.07, 6.45) is 12.9. The highest BCUT2D eigenvalue weighted by Gasteiger charge is 2.38. The molecule has 1 nitrogen and oxygen atoms in total. The van der Waals surface area contributed by atoms with Crippen LogP contribution in [0.1, 0.15) is 57.6 Å². The predicted octanol–water partition coefficient (Wildman–Crippen LogP) is 6.68. The fraction of sp³-hybridized carbons (Fsp3) is 0.346. The highest BCUT2D eigenvalue weighted by molar-refractivity contribution is 6.01. The molecule has 1 aliphatic heterocycles. The van der Waals surface area contributed by atoms with Gasteiger partial charge in [-0.3, -0.25) is 0 Å². The van der Waals surface area contributed by atoms with Crippen molar-refractivity contribution in [3.05, 3.63) is 71.9 Å². The number of aromatic nitrogens is 1. The highest BCUT2D eigenvalue weighted by atomic mass is 15.1. The Kier molecular flexibility index (Phi) is 4.86. The maximum absolute atomic E-state index is 2.51. The molecule has 27 heavy (non-hydrogen) atoms. The Labute approximate surface area is 163 Å². The molecule has 0 unspecified atom stereocenters. The molecule has 0 saturated heterocycles. The molecular weight excluding hydrogens is 326 g/mol. The maximum atomic E-state index is 2.51. The van der Waals surface area contributed by atoms with Crippen LogP contribution in [0.5, 0.6) is 0 Å². The van der Waals surface area contributed by atoms with E-state index in [1.807, 2.05) is 0 Å². The molecule has 138 valence electrons. The fourth-order valence-corrected chi connectivity index (χ4v) is 4.64. The lowest BCUT2D eigenvalue weighted by atomic mass is 9.91. The zero-order chi connectivity index (χ0) is 18.9. The second-order valence-corrected chi connectivity index (χ2v) is 7.75. The lowest BCUT2D eigenvalue weighted by Crippen LogP contribution is -2.55. The fourth-order valence-electron chi connectivity index (χ4n) is 4.64. The van der Waals surface area contributed by atoms with Gasteiger partial charge in [-0.05, 0) is 46.9 Å². The lowest BCUT2D eigenvalue weighted by molar-refractivity contribution is -0.743. The van der Waals surface area contributed by atoms with Gasteiger partial charge in [0.1, 0.15) is 0 Å². The predicted molar refractivity (Wildman–Crippen MR) is 116 cm³/mol. The van der Waals surface area contributed by atoms with Crippen LogP contribution < -0.4 is 4.57 Å². The van der Waals surface area contributed by atoms with Crippen LogP contribution in [-0.2, 0) is 12.0 Å². The van der Waals surface area contributed by atoms with E-state index in [0.717, 1.165) is 19.3 Å². The van der Waals surface area contributed by atoms with Gasteiger partial charge in [0.05, 0.1) is 5.56 Å². The third-order valence-electron chi connectivity index (χ3n) is 6.38. The summed E-state index contributed by atoms with van der Waals surface area (Å²) >= 11 is 0. The second kappa shape index (κ2) is 7.31. The zero-order valence-corrected chi connectivity index (χ0v) is 16.8. The van der Waals surface area contributed by atoms with Crippen LogP contribution in [0.4, 0.5) is 0 Å². The highest BCUT2D eigenvalue weighted by Crippen LogP contribution is 2.37. The van der Waals surface area contributed by atoms with Crippen LogP contribution >= 0.6 is 0 Å². The molecule has 0 fully saturated rings. The molecule has 0 atom stereocenters. The van der Waals surface area contributed by atoms with Crippen LogP contribution in [0.2, 0.25) is 0 Å². The van der Waals surface area contributed by atoms with Crippen LogP contribution in [-0.4, -0.2) is 0 Å². The van der Waals surface area contributed by atoms with Gasteiger partial charge in [0, 0.05) is 25.0 Å². The average Bonchev–Trinajstić information content (AvgIpc) is 2.87. The molecule has 0 radical (unpaired) electrons. The van der Waals surface area contributed by atoms with E-state index in [4.69, 9.17) is 0 Å². The summed E-state index contributed by atoms with van der Waals surface area (Å²) in [6.45, 7) is 6.87. The Bertz CT molecular complexity index is 992. The van der Waals surface area contributed by atoms with E-state index < -0.39 is 0 Å². The van der Waals surface area contributed by atoms with Crippen LogP contribution in [0.3, 0.4) is 0 Å². The van der Waals surface area contributed by atoms with Gasteiger partial charge in [-0.15, -0.1) is 0 Å². The second-order valence-electron chi connectivity index (χ2n) is 7.75. The smallest absolute Gasteiger partial charge is 0.189 e. The quantitative estimate of drug-likeness (QED) is 0.449. The average molecular weight is 357 g/mol. The number of hydrogen-bond acceptors (Lipinski definition) is 0. The minimum absolute atomic E-state index is 0.0434. The van der Waals surface area contributed by atoms with Crippen molar-refractivity contribution in [3.63, 3.8) is 0 Å². The number of aryl methyl sites for hydroxylation is 1. The SMILES string of the molecule is CCCCc1cccc2c3c(ccc12)C=CC(CC)(CC)[n+]1ccccc1-3. The molecule has 0 spiro atoms. The molecule has 1 aliphatic rings. The molecule has 0 saturated carbocycles. The van der Waals surface area contributed by atoms with Crippen molar-refractivity contribution in [1.29, 1.82) is 0 Å². The van der Waals surface area contributed by atoms with E-state index in [-0.39, 0.29) is 5.54 Å². The molecule has 1 heteroatoms. The number of allylic oxidation sites excluding steroid dienone is 1. The Morgan fingerprint density at radius 1 is 0.852 bits per heavy atom. The van der Waals surface area contributed by atoms with Crippen LogP contribution in [0.15, 0.2) is 60.8 Å². The lowest BCUT2D eigenvalue weighted by Gasteiger charge is -2.23. The molecular formula is C26H30N+. The number of hydrogen-bond donors (Lipinski definition) is 0. The Hall–Kier alpha value is -2.41. The Balaban J connectivity index is 2.03. The first-order valence-corrected chi connectivity index (χ1v) is 10.5. The van der Waals surface area contributed by atoms with Crippen LogP contribution in [0.25, 0.3) is 28.1 Å². The molecule has 2 aromatic carbocycles. The molecule has 0 N–H and O–H groups in total. The molecule has 1 aromatic heterocycles. The molecule has 0 amide bonds. The van der Waals surface area contributed by atoms with E-state index in [0.29, 0.717) is 0 Å². The minimum atomic E-state index is 0.0434. The first kappa shape index (κ1) is 18.0. The largest absolute Gasteiger partial charge is 0.214 e. The molecule has 3 aromatic rings. The van der Waals surface area contributed by atoms with Crippen molar-refractivity contribution in [3.8, 4) is 11.3 Å².